The Morgan fingerprint density at radius 3 is 2.78 bits per heavy atom. The van der Waals surface area contributed by atoms with E-state index in [2.05, 4.69) is 33.7 Å². The SMILES string of the molecule is N#CCCCn1nnnc1CCc1ccccc1. The number of nitriles is 1. The number of benzene rings is 1. The third-order valence-electron chi connectivity index (χ3n) is 2.74. The van der Waals surface area contributed by atoms with Crippen LogP contribution >= 0.6 is 0 Å². The number of aryl methyl sites for hydroxylation is 3. The fourth-order valence-electron chi connectivity index (χ4n) is 1.78. The molecular formula is C13H15N5. The van der Waals surface area contributed by atoms with Crippen LogP contribution in [0.15, 0.2) is 30.3 Å². The summed E-state index contributed by atoms with van der Waals surface area (Å²) in [6.07, 6.45) is 3.08. The van der Waals surface area contributed by atoms with E-state index in [9.17, 15) is 0 Å². The third kappa shape index (κ3) is 3.39. The molecule has 0 aliphatic rings. The van der Waals surface area contributed by atoms with Crippen molar-refractivity contribution in [3.63, 3.8) is 0 Å². The first-order valence-corrected chi connectivity index (χ1v) is 6.06. The second kappa shape index (κ2) is 6.50. The number of hydrogen-bond donors (Lipinski definition) is 0. The first-order chi connectivity index (χ1) is 8.90. The highest BCUT2D eigenvalue weighted by Gasteiger charge is 2.05. The second-order valence-corrected chi connectivity index (χ2v) is 4.07. The van der Waals surface area contributed by atoms with Gasteiger partial charge in [-0.3, -0.25) is 0 Å². The molecule has 0 saturated carbocycles. The van der Waals surface area contributed by atoms with Crippen molar-refractivity contribution in [3.8, 4) is 6.07 Å². The van der Waals surface area contributed by atoms with Gasteiger partial charge in [-0.05, 0) is 28.8 Å². The molecule has 2 rings (SSSR count). The minimum atomic E-state index is 0.540. The van der Waals surface area contributed by atoms with Crippen LogP contribution < -0.4 is 0 Å². The van der Waals surface area contributed by atoms with E-state index >= 15 is 0 Å². The fourth-order valence-corrected chi connectivity index (χ4v) is 1.78. The Kier molecular flexibility index (Phi) is 4.42. The van der Waals surface area contributed by atoms with Crippen molar-refractivity contribution >= 4 is 0 Å². The molecule has 5 nitrogen and oxygen atoms in total. The van der Waals surface area contributed by atoms with Crippen molar-refractivity contribution in [2.24, 2.45) is 0 Å². The first kappa shape index (κ1) is 12.2. The standard InChI is InChI=1S/C13H15N5/c14-10-4-5-11-18-13(15-16-17-18)9-8-12-6-2-1-3-7-12/h1-3,6-7H,4-5,8-9,11H2. The molecule has 0 atom stereocenters. The maximum Gasteiger partial charge on any atom is 0.151 e. The molecule has 92 valence electrons. The number of nitrogens with zero attached hydrogens (tertiary/aromatic N) is 5. The molecule has 0 bridgehead atoms. The van der Waals surface area contributed by atoms with E-state index < -0.39 is 0 Å². The zero-order chi connectivity index (χ0) is 12.6. The van der Waals surface area contributed by atoms with Gasteiger partial charge in [-0.15, -0.1) is 5.10 Å². The Morgan fingerprint density at radius 2 is 2.00 bits per heavy atom. The number of tetrazole rings is 1. The summed E-state index contributed by atoms with van der Waals surface area (Å²) >= 11 is 0. The Balaban J connectivity index is 1.90. The summed E-state index contributed by atoms with van der Waals surface area (Å²) < 4.78 is 1.79. The van der Waals surface area contributed by atoms with Gasteiger partial charge in [-0.25, -0.2) is 4.68 Å². The van der Waals surface area contributed by atoms with Gasteiger partial charge in [0, 0.05) is 19.4 Å². The number of unbranched alkanes of at least 4 members (excludes halogenated alkanes) is 1. The monoisotopic (exact) mass is 241 g/mol. The van der Waals surface area contributed by atoms with Gasteiger partial charge in [0.15, 0.2) is 5.82 Å². The van der Waals surface area contributed by atoms with Crippen molar-refractivity contribution in [3.05, 3.63) is 41.7 Å². The topological polar surface area (TPSA) is 67.4 Å². The molecule has 0 amide bonds. The molecule has 1 heterocycles. The van der Waals surface area contributed by atoms with Crippen molar-refractivity contribution < 1.29 is 0 Å². The highest BCUT2D eigenvalue weighted by Crippen LogP contribution is 2.05. The minimum absolute atomic E-state index is 0.540. The largest absolute Gasteiger partial charge is 0.230 e. The molecule has 0 aliphatic heterocycles. The molecule has 0 fully saturated rings. The third-order valence-corrected chi connectivity index (χ3v) is 2.74. The highest BCUT2D eigenvalue weighted by atomic mass is 15.5. The first-order valence-electron chi connectivity index (χ1n) is 6.06. The lowest BCUT2D eigenvalue weighted by molar-refractivity contribution is 0.541. The van der Waals surface area contributed by atoms with Gasteiger partial charge in [-0.2, -0.15) is 5.26 Å². The van der Waals surface area contributed by atoms with Crippen LogP contribution in [0.3, 0.4) is 0 Å². The van der Waals surface area contributed by atoms with Gasteiger partial charge >= 0.3 is 0 Å². The van der Waals surface area contributed by atoms with Crippen LogP contribution in [0.25, 0.3) is 0 Å². The van der Waals surface area contributed by atoms with Gasteiger partial charge in [0.1, 0.15) is 0 Å². The molecular weight excluding hydrogens is 226 g/mol. The Bertz CT molecular complexity index is 512. The summed E-state index contributed by atoms with van der Waals surface area (Å²) in [5.41, 5.74) is 1.28. The average Bonchev–Trinajstić information content (AvgIpc) is 2.86. The zero-order valence-electron chi connectivity index (χ0n) is 10.2. The maximum atomic E-state index is 8.51. The Hall–Kier alpha value is -2.22. The van der Waals surface area contributed by atoms with Crippen LogP contribution in [0.4, 0.5) is 0 Å². The molecule has 1 aromatic carbocycles. The van der Waals surface area contributed by atoms with E-state index in [1.807, 2.05) is 18.2 Å². The lowest BCUT2D eigenvalue weighted by atomic mass is 10.1. The molecule has 18 heavy (non-hydrogen) atoms. The van der Waals surface area contributed by atoms with E-state index in [0.29, 0.717) is 13.0 Å². The summed E-state index contributed by atoms with van der Waals surface area (Å²) in [4.78, 5) is 0. The van der Waals surface area contributed by atoms with Gasteiger partial charge in [0.2, 0.25) is 0 Å². The van der Waals surface area contributed by atoms with Gasteiger partial charge in [-0.1, -0.05) is 30.3 Å². The number of aromatic nitrogens is 4. The molecule has 0 N–H and O–H groups in total. The maximum absolute atomic E-state index is 8.51. The Morgan fingerprint density at radius 1 is 1.17 bits per heavy atom. The predicted octanol–water partition coefficient (Wildman–Crippen LogP) is 1.76. The zero-order valence-corrected chi connectivity index (χ0v) is 10.2. The molecule has 0 radical (unpaired) electrons. The van der Waals surface area contributed by atoms with E-state index in [1.165, 1.54) is 5.56 Å². The van der Waals surface area contributed by atoms with Crippen LogP contribution in [0, 0.1) is 11.3 Å². The second-order valence-electron chi connectivity index (χ2n) is 4.07. The minimum Gasteiger partial charge on any atom is -0.230 e. The van der Waals surface area contributed by atoms with Crippen LogP contribution in [0.2, 0.25) is 0 Å². The van der Waals surface area contributed by atoms with Gasteiger partial charge in [0.25, 0.3) is 0 Å². The molecule has 0 unspecified atom stereocenters. The van der Waals surface area contributed by atoms with Crippen LogP contribution in [0.1, 0.15) is 24.2 Å². The smallest absolute Gasteiger partial charge is 0.151 e. The summed E-state index contributed by atoms with van der Waals surface area (Å²) in [6.45, 7) is 0.713. The van der Waals surface area contributed by atoms with E-state index in [4.69, 9.17) is 5.26 Å². The number of rotatable bonds is 6. The van der Waals surface area contributed by atoms with Crippen molar-refractivity contribution in [1.82, 2.24) is 20.2 Å². The lowest BCUT2D eigenvalue weighted by Gasteiger charge is -2.03. The lowest BCUT2D eigenvalue weighted by Crippen LogP contribution is -2.07. The quantitative estimate of drug-likeness (QED) is 0.723. The van der Waals surface area contributed by atoms with E-state index in [-0.39, 0.29) is 0 Å². The summed E-state index contributed by atoms with van der Waals surface area (Å²) in [5.74, 6) is 0.886. The van der Waals surface area contributed by atoms with Crippen molar-refractivity contribution in [1.29, 1.82) is 5.26 Å². The molecule has 0 aliphatic carbocycles. The molecule has 2 aromatic rings. The van der Waals surface area contributed by atoms with E-state index in [1.54, 1.807) is 4.68 Å². The molecule has 5 heteroatoms. The van der Waals surface area contributed by atoms with Crippen LogP contribution in [-0.2, 0) is 19.4 Å². The van der Waals surface area contributed by atoms with Gasteiger partial charge < -0.3 is 0 Å². The highest BCUT2D eigenvalue weighted by molar-refractivity contribution is 5.15. The molecule has 1 aromatic heterocycles. The Labute approximate surface area is 106 Å². The van der Waals surface area contributed by atoms with Crippen molar-refractivity contribution in [2.45, 2.75) is 32.2 Å². The molecule has 0 saturated heterocycles. The predicted molar refractivity (Wildman–Crippen MR) is 66.5 cm³/mol. The van der Waals surface area contributed by atoms with Crippen LogP contribution in [-0.4, -0.2) is 20.2 Å². The van der Waals surface area contributed by atoms with E-state index in [0.717, 1.165) is 25.1 Å². The summed E-state index contributed by atoms with van der Waals surface area (Å²) in [5, 5.41) is 20.2. The van der Waals surface area contributed by atoms with Crippen molar-refractivity contribution in [2.75, 3.05) is 0 Å². The normalized spacial score (nSPS) is 10.2. The fraction of sp³-hybridized carbons (Fsp3) is 0.385. The average molecular weight is 241 g/mol. The van der Waals surface area contributed by atoms with Crippen LogP contribution in [0.5, 0.6) is 0 Å². The van der Waals surface area contributed by atoms with Gasteiger partial charge in [0.05, 0.1) is 6.07 Å². The number of hydrogen-bond acceptors (Lipinski definition) is 4. The molecule has 0 spiro atoms. The summed E-state index contributed by atoms with van der Waals surface area (Å²) in [6, 6.07) is 12.4. The summed E-state index contributed by atoms with van der Waals surface area (Å²) in [7, 11) is 0.